The minimum Gasteiger partial charge on any atom is -0.493 e. The fraction of sp³-hybridized carbons (Fsp3) is 0.364. The summed E-state index contributed by atoms with van der Waals surface area (Å²) >= 11 is 3.16. The number of halogens is 1. The number of nitrogens with zero attached hydrogens (tertiary/aromatic N) is 1. The maximum atomic E-state index is 12.3. The number of sulfonamides is 1. The maximum absolute atomic E-state index is 12.3. The van der Waals surface area contributed by atoms with Crippen molar-refractivity contribution in [1.82, 2.24) is 4.31 Å². The van der Waals surface area contributed by atoms with Crippen molar-refractivity contribution < 1.29 is 22.7 Å². The van der Waals surface area contributed by atoms with Gasteiger partial charge in [0.2, 0.25) is 15.9 Å². The Bertz CT molecular complexity index is 617. The molecule has 1 aromatic carbocycles. The van der Waals surface area contributed by atoms with E-state index in [9.17, 15) is 13.2 Å². The summed E-state index contributed by atoms with van der Waals surface area (Å²) in [5.41, 5.74) is 5.01. The van der Waals surface area contributed by atoms with Gasteiger partial charge >= 0.3 is 0 Å². The molecule has 2 N–H and O–H groups in total. The molecule has 1 aromatic rings. The molecule has 0 aliphatic heterocycles. The molecule has 0 radical (unpaired) electrons. The predicted octanol–water partition coefficient (Wildman–Crippen LogP) is 0.572. The van der Waals surface area contributed by atoms with Crippen molar-refractivity contribution in [2.24, 2.45) is 5.73 Å². The van der Waals surface area contributed by atoms with E-state index in [1.807, 2.05) is 0 Å². The minimum absolute atomic E-state index is 0.0427. The van der Waals surface area contributed by atoms with Crippen molar-refractivity contribution in [3.05, 3.63) is 16.6 Å². The summed E-state index contributed by atoms with van der Waals surface area (Å²) in [6, 6.07) is 2.79. The third-order valence-electron chi connectivity index (χ3n) is 2.50. The lowest BCUT2D eigenvalue weighted by Gasteiger charge is -2.18. The van der Waals surface area contributed by atoms with Gasteiger partial charge in [-0.2, -0.15) is 4.31 Å². The molecule has 0 aliphatic carbocycles. The van der Waals surface area contributed by atoms with Crippen LogP contribution < -0.4 is 15.2 Å². The molecular formula is C11H15BrN2O5S. The summed E-state index contributed by atoms with van der Waals surface area (Å²) in [7, 11) is 0.235. The molecule has 0 saturated carbocycles. The summed E-state index contributed by atoms with van der Waals surface area (Å²) in [5.74, 6) is -0.0923. The van der Waals surface area contributed by atoms with Gasteiger partial charge in [0.05, 0.1) is 20.8 Å². The molecule has 0 spiro atoms. The van der Waals surface area contributed by atoms with Gasteiger partial charge in [0.25, 0.3) is 0 Å². The lowest BCUT2D eigenvalue weighted by atomic mass is 10.3. The van der Waals surface area contributed by atoms with Gasteiger partial charge in [-0.3, -0.25) is 4.79 Å². The van der Waals surface area contributed by atoms with Gasteiger partial charge in [-0.15, -0.1) is 0 Å². The zero-order valence-corrected chi connectivity index (χ0v) is 13.6. The van der Waals surface area contributed by atoms with E-state index in [0.717, 1.165) is 4.31 Å². The van der Waals surface area contributed by atoms with E-state index in [-0.39, 0.29) is 10.6 Å². The minimum atomic E-state index is -3.87. The zero-order valence-electron chi connectivity index (χ0n) is 11.2. The molecule has 0 aliphatic rings. The highest BCUT2D eigenvalue weighted by Gasteiger charge is 2.26. The second-order valence-electron chi connectivity index (χ2n) is 3.87. The standard InChI is InChI=1S/C11H15BrN2O5S/c1-14(6-11(13)15)20(16,17)10-5-9(19-3)8(18-2)4-7(10)12/h4-5H,6H2,1-3H3,(H2,13,15). The van der Waals surface area contributed by atoms with Crippen LogP contribution >= 0.6 is 15.9 Å². The summed E-state index contributed by atoms with van der Waals surface area (Å²) < 4.78 is 36.0. The smallest absolute Gasteiger partial charge is 0.244 e. The number of carbonyl (C=O) groups excluding carboxylic acids is 1. The third-order valence-corrected chi connectivity index (χ3v) is 5.27. The molecule has 112 valence electrons. The number of primary amides is 1. The third kappa shape index (κ3) is 3.41. The van der Waals surface area contributed by atoms with E-state index in [0.29, 0.717) is 10.2 Å². The summed E-state index contributed by atoms with van der Waals surface area (Å²) in [6.45, 7) is -0.414. The number of carbonyl (C=O) groups is 1. The Hall–Kier alpha value is -1.32. The van der Waals surface area contributed by atoms with Gasteiger partial charge in [0, 0.05) is 17.6 Å². The van der Waals surface area contributed by atoms with Crippen molar-refractivity contribution in [3.63, 3.8) is 0 Å². The van der Waals surface area contributed by atoms with Gasteiger partial charge < -0.3 is 15.2 Å². The van der Waals surface area contributed by atoms with Crippen molar-refractivity contribution >= 4 is 31.9 Å². The second kappa shape index (κ2) is 6.42. The second-order valence-corrected chi connectivity index (χ2v) is 6.73. The lowest BCUT2D eigenvalue weighted by Crippen LogP contribution is -2.35. The molecule has 0 atom stereocenters. The van der Waals surface area contributed by atoms with Crippen molar-refractivity contribution in [3.8, 4) is 11.5 Å². The predicted molar refractivity (Wildman–Crippen MR) is 76.3 cm³/mol. The SMILES string of the molecule is COc1cc(Br)c(S(=O)(=O)N(C)CC(N)=O)cc1OC. The largest absolute Gasteiger partial charge is 0.493 e. The van der Waals surface area contributed by atoms with Gasteiger partial charge in [-0.1, -0.05) is 0 Å². The Kier molecular flexibility index (Phi) is 5.37. The normalized spacial score (nSPS) is 11.4. The highest BCUT2D eigenvalue weighted by atomic mass is 79.9. The highest BCUT2D eigenvalue weighted by Crippen LogP contribution is 2.36. The fourth-order valence-electron chi connectivity index (χ4n) is 1.51. The number of amides is 1. The number of likely N-dealkylation sites (N-methyl/N-ethyl adjacent to an activating group) is 1. The molecule has 0 fully saturated rings. The van der Waals surface area contributed by atoms with Crippen molar-refractivity contribution in [2.75, 3.05) is 27.8 Å². The first-order valence-corrected chi connectivity index (χ1v) is 7.63. The number of ether oxygens (including phenoxy) is 2. The molecule has 20 heavy (non-hydrogen) atoms. The van der Waals surface area contributed by atoms with E-state index in [1.165, 1.54) is 33.4 Å². The number of benzene rings is 1. The number of rotatable bonds is 6. The monoisotopic (exact) mass is 366 g/mol. The van der Waals surface area contributed by atoms with Crippen LogP contribution in [0.25, 0.3) is 0 Å². The van der Waals surface area contributed by atoms with E-state index >= 15 is 0 Å². The van der Waals surface area contributed by atoms with E-state index in [2.05, 4.69) is 15.9 Å². The average molecular weight is 367 g/mol. The Morgan fingerprint density at radius 3 is 2.25 bits per heavy atom. The maximum Gasteiger partial charge on any atom is 0.244 e. The van der Waals surface area contributed by atoms with Crippen LogP contribution in [-0.2, 0) is 14.8 Å². The summed E-state index contributed by atoms with van der Waals surface area (Å²) in [5, 5.41) is 0. The fourth-order valence-corrected chi connectivity index (χ4v) is 3.64. The first-order chi connectivity index (χ1) is 9.23. The van der Waals surface area contributed by atoms with E-state index in [1.54, 1.807) is 0 Å². The molecule has 0 unspecified atom stereocenters. The Labute approximate surface area is 125 Å². The van der Waals surface area contributed by atoms with Crippen LogP contribution in [0, 0.1) is 0 Å². The van der Waals surface area contributed by atoms with Crippen LogP contribution in [0.15, 0.2) is 21.5 Å². The van der Waals surface area contributed by atoms with Crippen LogP contribution in [0.2, 0.25) is 0 Å². The van der Waals surface area contributed by atoms with Crippen molar-refractivity contribution in [2.45, 2.75) is 4.90 Å². The number of hydrogen-bond donors (Lipinski definition) is 1. The van der Waals surface area contributed by atoms with Crippen LogP contribution in [0.3, 0.4) is 0 Å². The molecule has 0 saturated heterocycles. The average Bonchev–Trinajstić information content (AvgIpc) is 2.37. The molecule has 9 heteroatoms. The number of methoxy groups -OCH3 is 2. The van der Waals surface area contributed by atoms with E-state index in [4.69, 9.17) is 15.2 Å². The topological polar surface area (TPSA) is 98.9 Å². The summed E-state index contributed by atoms with van der Waals surface area (Å²) in [4.78, 5) is 10.8. The van der Waals surface area contributed by atoms with Crippen LogP contribution in [-0.4, -0.2) is 46.4 Å². The van der Waals surface area contributed by atoms with Crippen molar-refractivity contribution in [1.29, 1.82) is 0 Å². The molecule has 0 aromatic heterocycles. The lowest BCUT2D eigenvalue weighted by molar-refractivity contribution is -0.118. The Balaban J connectivity index is 3.35. The van der Waals surface area contributed by atoms with E-state index < -0.39 is 22.5 Å². The number of nitrogens with two attached hydrogens (primary N) is 1. The molecule has 1 amide bonds. The van der Waals surface area contributed by atoms with Gasteiger partial charge in [-0.25, -0.2) is 8.42 Å². The highest BCUT2D eigenvalue weighted by molar-refractivity contribution is 9.10. The van der Waals surface area contributed by atoms with Gasteiger partial charge in [-0.05, 0) is 22.0 Å². The Morgan fingerprint density at radius 1 is 1.30 bits per heavy atom. The summed E-state index contributed by atoms with van der Waals surface area (Å²) in [6.07, 6.45) is 0. The van der Waals surface area contributed by atoms with Crippen LogP contribution in [0.1, 0.15) is 0 Å². The quantitative estimate of drug-likeness (QED) is 0.793. The number of hydrogen-bond acceptors (Lipinski definition) is 5. The Morgan fingerprint density at radius 2 is 1.80 bits per heavy atom. The van der Waals surface area contributed by atoms with Gasteiger partial charge in [0.15, 0.2) is 11.5 Å². The van der Waals surface area contributed by atoms with Gasteiger partial charge in [0.1, 0.15) is 4.90 Å². The molecule has 0 bridgehead atoms. The first-order valence-electron chi connectivity index (χ1n) is 5.40. The van der Waals surface area contributed by atoms with Crippen LogP contribution in [0.5, 0.6) is 11.5 Å². The van der Waals surface area contributed by atoms with Crippen LogP contribution in [0.4, 0.5) is 0 Å². The molecule has 1 rings (SSSR count). The molecule has 7 nitrogen and oxygen atoms in total. The molecular weight excluding hydrogens is 352 g/mol. The molecule has 0 heterocycles. The first kappa shape index (κ1) is 16.7. The zero-order chi connectivity index (χ0) is 15.5.